The standard InChI is InChI=1S/C7H14O4/c1-2-11-6-4-10-3-5(8)7(6)9/h5-9H,2-4H2,1H3/t5-,6+,7?/m0/s1. The second-order valence-electron chi connectivity index (χ2n) is 2.59. The quantitative estimate of drug-likeness (QED) is 0.555. The molecule has 0 saturated carbocycles. The van der Waals surface area contributed by atoms with Crippen molar-refractivity contribution < 1.29 is 19.7 Å². The summed E-state index contributed by atoms with van der Waals surface area (Å²) in [6.45, 7) is 2.93. The van der Waals surface area contributed by atoms with Gasteiger partial charge in [-0.15, -0.1) is 0 Å². The molecule has 1 fully saturated rings. The van der Waals surface area contributed by atoms with Crippen LogP contribution in [-0.4, -0.2) is 48.3 Å². The van der Waals surface area contributed by atoms with Crippen LogP contribution in [0.2, 0.25) is 0 Å². The molecule has 2 N–H and O–H groups in total. The first-order chi connectivity index (χ1) is 5.25. The van der Waals surface area contributed by atoms with Crippen molar-refractivity contribution in [3.8, 4) is 0 Å². The van der Waals surface area contributed by atoms with Crippen LogP contribution in [0.3, 0.4) is 0 Å². The number of rotatable bonds is 2. The highest BCUT2D eigenvalue weighted by Gasteiger charge is 2.31. The maximum Gasteiger partial charge on any atom is 0.110 e. The van der Waals surface area contributed by atoms with Crippen LogP contribution in [0.5, 0.6) is 0 Å². The molecule has 4 heteroatoms. The van der Waals surface area contributed by atoms with Gasteiger partial charge < -0.3 is 19.7 Å². The minimum Gasteiger partial charge on any atom is -0.388 e. The van der Waals surface area contributed by atoms with E-state index in [9.17, 15) is 5.11 Å². The highest BCUT2D eigenvalue weighted by Crippen LogP contribution is 2.11. The summed E-state index contributed by atoms with van der Waals surface area (Å²) in [5.74, 6) is 0. The molecule has 11 heavy (non-hydrogen) atoms. The van der Waals surface area contributed by atoms with E-state index in [0.717, 1.165) is 0 Å². The van der Waals surface area contributed by atoms with Crippen LogP contribution in [0.1, 0.15) is 6.92 Å². The van der Waals surface area contributed by atoms with Crippen molar-refractivity contribution in [2.45, 2.75) is 25.2 Å². The second kappa shape index (κ2) is 4.01. The SMILES string of the molecule is CCO[C@@H]1COC[C@H](O)C1O. The van der Waals surface area contributed by atoms with E-state index in [4.69, 9.17) is 14.6 Å². The molecule has 1 saturated heterocycles. The predicted molar refractivity (Wildman–Crippen MR) is 38.2 cm³/mol. The Bertz CT molecular complexity index is 115. The van der Waals surface area contributed by atoms with Crippen molar-refractivity contribution >= 4 is 0 Å². The van der Waals surface area contributed by atoms with Gasteiger partial charge in [0.15, 0.2) is 0 Å². The van der Waals surface area contributed by atoms with Gasteiger partial charge in [0.25, 0.3) is 0 Å². The van der Waals surface area contributed by atoms with Crippen LogP contribution in [0.25, 0.3) is 0 Å². The van der Waals surface area contributed by atoms with Gasteiger partial charge in [0.1, 0.15) is 18.3 Å². The fourth-order valence-corrected chi connectivity index (χ4v) is 1.11. The van der Waals surface area contributed by atoms with E-state index >= 15 is 0 Å². The molecule has 0 aromatic carbocycles. The Morgan fingerprint density at radius 1 is 1.45 bits per heavy atom. The lowest BCUT2D eigenvalue weighted by Gasteiger charge is -2.31. The molecule has 0 amide bonds. The molecule has 1 aliphatic heterocycles. The molecule has 4 nitrogen and oxygen atoms in total. The minimum atomic E-state index is -0.805. The van der Waals surface area contributed by atoms with E-state index in [1.807, 2.05) is 6.92 Å². The topological polar surface area (TPSA) is 58.9 Å². The van der Waals surface area contributed by atoms with Crippen LogP contribution in [0, 0.1) is 0 Å². The van der Waals surface area contributed by atoms with Gasteiger partial charge >= 0.3 is 0 Å². The fourth-order valence-electron chi connectivity index (χ4n) is 1.11. The summed E-state index contributed by atoms with van der Waals surface area (Å²) in [5.41, 5.74) is 0. The lowest BCUT2D eigenvalue weighted by Crippen LogP contribution is -2.48. The van der Waals surface area contributed by atoms with E-state index in [2.05, 4.69) is 0 Å². The fraction of sp³-hybridized carbons (Fsp3) is 1.00. The Kier molecular flexibility index (Phi) is 3.26. The number of aliphatic hydroxyl groups is 2. The zero-order valence-electron chi connectivity index (χ0n) is 6.56. The maximum atomic E-state index is 9.31. The number of hydrogen-bond donors (Lipinski definition) is 2. The van der Waals surface area contributed by atoms with Crippen molar-refractivity contribution in [2.24, 2.45) is 0 Å². The van der Waals surface area contributed by atoms with Gasteiger partial charge in [-0.05, 0) is 6.92 Å². The molecule has 1 heterocycles. The Morgan fingerprint density at radius 3 is 2.82 bits per heavy atom. The van der Waals surface area contributed by atoms with Gasteiger partial charge in [-0.3, -0.25) is 0 Å². The lowest BCUT2D eigenvalue weighted by atomic mass is 10.1. The van der Waals surface area contributed by atoms with Crippen molar-refractivity contribution in [3.05, 3.63) is 0 Å². The molecular weight excluding hydrogens is 148 g/mol. The molecule has 0 aromatic rings. The first kappa shape index (κ1) is 8.93. The van der Waals surface area contributed by atoms with Crippen molar-refractivity contribution in [3.63, 3.8) is 0 Å². The van der Waals surface area contributed by atoms with Crippen molar-refractivity contribution in [2.75, 3.05) is 19.8 Å². The van der Waals surface area contributed by atoms with Crippen LogP contribution < -0.4 is 0 Å². The highest BCUT2D eigenvalue weighted by atomic mass is 16.6. The third-order valence-electron chi connectivity index (χ3n) is 1.73. The van der Waals surface area contributed by atoms with Gasteiger partial charge in [-0.25, -0.2) is 0 Å². The van der Waals surface area contributed by atoms with Gasteiger partial charge in [0.05, 0.1) is 13.2 Å². The summed E-state index contributed by atoms with van der Waals surface area (Å²) in [6.07, 6.45) is -1.98. The van der Waals surface area contributed by atoms with Gasteiger partial charge in [0, 0.05) is 6.61 Å². The maximum absolute atomic E-state index is 9.31. The summed E-state index contributed by atoms with van der Waals surface area (Å²) in [5, 5.41) is 18.4. The lowest BCUT2D eigenvalue weighted by molar-refractivity contribution is -0.168. The summed E-state index contributed by atoms with van der Waals surface area (Å²) >= 11 is 0. The molecular formula is C7H14O4. The van der Waals surface area contributed by atoms with E-state index in [1.165, 1.54) is 0 Å². The predicted octanol–water partition coefficient (Wildman–Crippen LogP) is -0.857. The number of hydrogen-bond acceptors (Lipinski definition) is 4. The molecule has 3 atom stereocenters. The van der Waals surface area contributed by atoms with E-state index in [-0.39, 0.29) is 12.7 Å². The molecule has 0 aromatic heterocycles. The molecule has 0 spiro atoms. The summed E-state index contributed by atoms with van der Waals surface area (Å²) in [7, 11) is 0. The normalized spacial score (nSPS) is 39.0. The van der Waals surface area contributed by atoms with E-state index in [0.29, 0.717) is 13.2 Å². The summed E-state index contributed by atoms with van der Waals surface area (Å²) < 4.78 is 10.1. The molecule has 0 bridgehead atoms. The zero-order valence-corrected chi connectivity index (χ0v) is 6.56. The first-order valence-corrected chi connectivity index (χ1v) is 3.81. The Hall–Kier alpha value is -0.160. The van der Waals surface area contributed by atoms with Crippen molar-refractivity contribution in [1.29, 1.82) is 0 Å². The smallest absolute Gasteiger partial charge is 0.110 e. The van der Waals surface area contributed by atoms with Gasteiger partial charge in [0.2, 0.25) is 0 Å². The molecule has 1 rings (SSSR count). The van der Waals surface area contributed by atoms with Gasteiger partial charge in [-0.2, -0.15) is 0 Å². The average molecular weight is 162 g/mol. The highest BCUT2D eigenvalue weighted by molar-refractivity contribution is 4.80. The van der Waals surface area contributed by atoms with Crippen LogP contribution in [0.15, 0.2) is 0 Å². The van der Waals surface area contributed by atoms with Crippen LogP contribution >= 0.6 is 0 Å². The van der Waals surface area contributed by atoms with Gasteiger partial charge in [-0.1, -0.05) is 0 Å². The second-order valence-corrected chi connectivity index (χ2v) is 2.59. The monoisotopic (exact) mass is 162 g/mol. The molecule has 0 aliphatic carbocycles. The molecule has 1 unspecified atom stereocenters. The third kappa shape index (κ3) is 2.13. The number of aliphatic hydroxyl groups excluding tert-OH is 2. The average Bonchev–Trinajstić information content (AvgIpc) is 1.99. The number of ether oxygens (including phenoxy) is 2. The third-order valence-corrected chi connectivity index (χ3v) is 1.73. The van der Waals surface area contributed by atoms with E-state index in [1.54, 1.807) is 0 Å². The van der Waals surface area contributed by atoms with Crippen molar-refractivity contribution in [1.82, 2.24) is 0 Å². The first-order valence-electron chi connectivity index (χ1n) is 3.81. The zero-order chi connectivity index (χ0) is 8.27. The van der Waals surface area contributed by atoms with Crippen LogP contribution in [0.4, 0.5) is 0 Å². The van der Waals surface area contributed by atoms with Crippen LogP contribution in [-0.2, 0) is 9.47 Å². The molecule has 0 radical (unpaired) electrons. The largest absolute Gasteiger partial charge is 0.388 e. The summed E-state index contributed by atoms with van der Waals surface area (Å²) in [4.78, 5) is 0. The molecule has 1 aliphatic rings. The summed E-state index contributed by atoms with van der Waals surface area (Å²) in [6, 6.07) is 0. The minimum absolute atomic E-state index is 0.199. The Morgan fingerprint density at radius 2 is 2.18 bits per heavy atom. The Balaban J connectivity index is 2.38. The Labute approximate surface area is 65.7 Å². The van der Waals surface area contributed by atoms with E-state index < -0.39 is 12.2 Å². The molecule has 66 valence electrons.